The van der Waals surface area contributed by atoms with Crippen LogP contribution in [0.2, 0.25) is 0 Å². The molecule has 1 aliphatic heterocycles. The van der Waals surface area contributed by atoms with Gasteiger partial charge < -0.3 is 20.9 Å². The molecule has 0 aromatic carbocycles. The molecule has 2 rings (SSSR count). The molecule has 0 radical (unpaired) electrons. The van der Waals surface area contributed by atoms with Crippen LogP contribution in [0.25, 0.3) is 0 Å². The number of anilines is 1. The fourth-order valence-electron chi connectivity index (χ4n) is 2.85. The number of carbonyl (C=O) groups excluding carboxylic acids is 1. The van der Waals surface area contributed by atoms with Crippen LogP contribution in [-0.4, -0.2) is 61.1 Å². The first-order valence-electron chi connectivity index (χ1n) is 8.45. The summed E-state index contributed by atoms with van der Waals surface area (Å²) in [5.74, 6) is 0.800. The molecule has 128 valence electrons. The first kappa shape index (κ1) is 17.7. The van der Waals surface area contributed by atoms with Gasteiger partial charge in [-0.1, -0.05) is 13.8 Å². The summed E-state index contributed by atoms with van der Waals surface area (Å²) in [5.41, 5.74) is 6.20. The van der Waals surface area contributed by atoms with E-state index in [9.17, 15) is 4.79 Å². The minimum Gasteiger partial charge on any atom is -0.354 e. The van der Waals surface area contributed by atoms with Crippen molar-refractivity contribution >= 4 is 11.7 Å². The van der Waals surface area contributed by atoms with Gasteiger partial charge in [-0.2, -0.15) is 0 Å². The molecule has 3 N–H and O–H groups in total. The summed E-state index contributed by atoms with van der Waals surface area (Å²) >= 11 is 0. The van der Waals surface area contributed by atoms with Crippen LogP contribution >= 0.6 is 0 Å². The van der Waals surface area contributed by atoms with Gasteiger partial charge in [-0.25, -0.2) is 4.98 Å². The fraction of sp³-hybridized carbons (Fsp3) is 0.647. The van der Waals surface area contributed by atoms with E-state index in [2.05, 4.69) is 41.0 Å². The summed E-state index contributed by atoms with van der Waals surface area (Å²) in [7, 11) is 2.12. The molecule has 0 unspecified atom stereocenters. The number of rotatable bonds is 6. The van der Waals surface area contributed by atoms with Crippen molar-refractivity contribution in [2.75, 3.05) is 44.7 Å². The van der Waals surface area contributed by atoms with Crippen molar-refractivity contribution in [3.8, 4) is 0 Å². The Kier molecular flexibility index (Phi) is 5.96. The minimum absolute atomic E-state index is 0.0723. The highest BCUT2D eigenvalue weighted by atomic mass is 16.1. The Balaban J connectivity index is 2.11. The highest BCUT2D eigenvalue weighted by molar-refractivity contribution is 5.95. The molecule has 0 bridgehead atoms. The zero-order chi connectivity index (χ0) is 16.9. The van der Waals surface area contributed by atoms with Crippen molar-refractivity contribution in [3.05, 3.63) is 23.9 Å². The summed E-state index contributed by atoms with van der Waals surface area (Å²) in [5, 5.41) is 3.11. The monoisotopic (exact) mass is 319 g/mol. The molecule has 1 saturated heterocycles. The average Bonchev–Trinajstić information content (AvgIpc) is 2.60. The summed E-state index contributed by atoms with van der Waals surface area (Å²) in [4.78, 5) is 21.6. The van der Waals surface area contributed by atoms with Crippen LogP contribution < -0.4 is 16.0 Å². The second-order valence-electron chi connectivity index (χ2n) is 6.34. The SMILES string of the molecule is CCC(CC)(CN)NC(=O)c1ccnc(N2CCN(C)CC2)c1. The first-order chi connectivity index (χ1) is 11.0. The number of amides is 1. The number of hydrogen-bond acceptors (Lipinski definition) is 5. The van der Waals surface area contributed by atoms with Crippen molar-refractivity contribution in [2.24, 2.45) is 5.73 Å². The van der Waals surface area contributed by atoms with Gasteiger partial charge in [0.15, 0.2) is 0 Å². The van der Waals surface area contributed by atoms with E-state index in [0.29, 0.717) is 12.1 Å². The maximum absolute atomic E-state index is 12.6. The topological polar surface area (TPSA) is 74.5 Å². The van der Waals surface area contributed by atoms with Crippen molar-refractivity contribution in [2.45, 2.75) is 32.2 Å². The predicted octanol–water partition coefficient (Wildman–Crippen LogP) is 1.08. The summed E-state index contributed by atoms with van der Waals surface area (Å²) < 4.78 is 0. The van der Waals surface area contributed by atoms with Crippen LogP contribution in [0.1, 0.15) is 37.0 Å². The maximum atomic E-state index is 12.6. The van der Waals surface area contributed by atoms with Crippen molar-refractivity contribution in [1.82, 2.24) is 15.2 Å². The second kappa shape index (κ2) is 7.75. The van der Waals surface area contributed by atoms with Crippen LogP contribution in [0.15, 0.2) is 18.3 Å². The van der Waals surface area contributed by atoms with Crippen LogP contribution in [-0.2, 0) is 0 Å². The normalized spacial score (nSPS) is 16.4. The number of nitrogens with two attached hydrogens (primary N) is 1. The molecule has 0 spiro atoms. The van der Waals surface area contributed by atoms with Gasteiger partial charge in [0.1, 0.15) is 5.82 Å². The lowest BCUT2D eigenvalue weighted by Gasteiger charge is -2.33. The van der Waals surface area contributed by atoms with E-state index >= 15 is 0 Å². The zero-order valence-electron chi connectivity index (χ0n) is 14.5. The van der Waals surface area contributed by atoms with Crippen molar-refractivity contribution in [3.63, 3.8) is 0 Å². The lowest BCUT2D eigenvalue weighted by molar-refractivity contribution is 0.0895. The largest absolute Gasteiger partial charge is 0.354 e. The van der Waals surface area contributed by atoms with E-state index < -0.39 is 0 Å². The molecular formula is C17H29N5O. The highest BCUT2D eigenvalue weighted by Crippen LogP contribution is 2.17. The van der Waals surface area contributed by atoms with Gasteiger partial charge in [-0.05, 0) is 32.0 Å². The molecule has 1 fully saturated rings. The average molecular weight is 319 g/mol. The number of piperazine rings is 1. The van der Waals surface area contributed by atoms with E-state index in [1.165, 1.54) is 0 Å². The van der Waals surface area contributed by atoms with Gasteiger partial charge in [0.25, 0.3) is 5.91 Å². The smallest absolute Gasteiger partial charge is 0.251 e. The van der Waals surface area contributed by atoms with Gasteiger partial charge in [0.2, 0.25) is 0 Å². The number of nitrogens with one attached hydrogen (secondary N) is 1. The van der Waals surface area contributed by atoms with Gasteiger partial charge in [0, 0.05) is 44.5 Å². The Morgan fingerprint density at radius 2 is 1.96 bits per heavy atom. The Hall–Kier alpha value is -1.66. The molecule has 0 atom stereocenters. The molecule has 1 aromatic heterocycles. The Labute approximate surface area is 139 Å². The number of hydrogen-bond donors (Lipinski definition) is 2. The van der Waals surface area contributed by atoms with Gasteiger partial charge >= 0.3 is 0 Å². The molecule has 6 heteroatoms. The van der Waals surface area contributed by atoms with Crippen LogP contribution in [0.4, 0.5) is 5.82 Å². The molecule has 1 aromatic rings. The van der Waals surface area contributed by atoms with E-state index in [0.717, 1.165) is 44.8 Å². The van der Waals surface area contributed by atoms with Gasteiger partial charge in [-0.15, -0.1) is 0 Å². The lowest BCUT2D eigenvalue weighted by Crippen LogP contribution is -2.52. The molecule has 1 aliphatic rings. The highest BCUT2D eigenvalue weighted by Gasteiger charge is 2.27. The number of likely N-dealkylation sites (N-methyl/N-ethyl adjacent to an activating group) is 1. The summed E-state index contributed by atoms with van der Waals surface area (Å²) in [6.45, 7) is 8.45. The predicted molar refractivity (Wildman–Crippen MR) is 93.8 cm³/mol. The standard InChI is InChI=1S/C17H29N5O/c1-4-17(5-2,13-18)20-16(23)14-6-7-19-15(12-14)22-10-8-21(3)9-11-22/h6-7,12H,4-5,8-11,13,18H2,1-3H3,(H,20,23). The first-order valence-corrected chi connectivity index (χ1v) is 8.45. The van der Waals surface area contributed by atoms with E-state index in [1.54, 1.807) is 12.3 Å². The zero-order valence-corrected chi connectivity index (χ0v) is 14.5. The third-order valence-electron chi connectivity index (χ3n) is 4.96. The molecular weight excluding hydrogens is 290 g/mol. The summed E-state index contributed by atoms with van der Waals surface area (Å²) in [6, 6.07) is 3.65. The van der Waals surface area contributed by atoms with Crippen LogP contribution in [0.5, 0.6) is 0 Å². The minimum atomic E-state index is -0.325. The number of nitrogens with zero attached hydrogens (tertiary/aromatic N) is 3. The van der Waals surface area contributed by atoms with E-state index in [4.69, 9.17) is 5.73 Å². The Morgan fingerprint density at radius 3 is 2.52 bits per heavy atom. The number of pyridine rings is 1. The quantitative estimate of drug-likeness (QED) is 0.821. The lowest BCUT2D eigenvalue weighted by atomic mass is 9.92. The molecule has 0 aliphatic carbocycles. The molecule has 1 amide bonds. The van der Waals surface area contributed by atoms with Crippen molar-refractivity contribution < 1.29 is 4.79 Å². The molecule has 23 heavy (non-hydrogen) atoms. The number of aromatic nitrogens is 1. The Morgan fingerprint density at radius 1 is 1.30 bits per heavy atom. The van der Waals surface area contributed by atoms with Crippen LogP contribution in [0, 0.1) is 0 Å². The fourth-order valence-corrected chi connectivity index (χ4v) is 2.85. The van der Waals surface area contributed by atoms with Gasteiger partial charge in [-0.3, -0.25) is 4.79 Å². The van der Waals surface area contributed by atoms with Gasteiger partial charge in [0.05, 0.1) is 5.54 Å². The second-order valence-corrected chi connectivity index (χ2v) is 6.34. The Bertz CT molecular complexity index is 513. The molecule has 6 nitrogen and oxygen atoms in total. The maximum Gasteiger partial charge on any atom is 0.251 e. The number of carbonyl (C=O) groups is 1. The van der Waals surface area contributed by atoms with E-state index in [-0.39, 0.29) is 11.4 Å². The van der Waals surface area contributed by atoms with Crippen molar-refractivity contribution in [1.29, 1.82) is 0 Å². The third kappa shape index (κ3) is 4.20. The van der Waals surface area contributed by atoms with Crippen LogP contribution in [0.3, 0.4) is 0 Å². The third-order valence-corrected chi connectivity index (χ3v) is 4.96. The molecule has 0 saturated carbocycles. The van der Waals surface area contributed by atoms with E-state index in [1.807, 2.05) is 6.07 Å². The molecule has 2 heterocycles. The summed E-state index contributed by atoms with van der Waals surface area (Å²) in [6.07, 6.45) is 3.36.